The zero-order valence-corrected chi connectivity index (χ0v) is 16.6. The first-order chi connectivity index (χ1) is 13.0. The first-order valence-corrected chi connectivity index (χ1v) is 9.31. The highest BCUT2D eigenvalue weighted by Gasteiger charge is 2.15. The minimum atomic E-state index is -0.352. The van der Waals surface area contributed by atoms with Crippen LogP contribution < -0.4 is 9.47 Å². The molecule has 0 saturated carbocycles. The van der Waals surface area contributed by atoms with E-state index in [1.54, 1.807) is 14.2 Å². The van der Waals surface area contributed by atoms with Gasteiger partial charge in [0.05, 0.1) is 31.0 Å². The van der Waals surface area contributed by atoms with Crippen LogP contribution in [0.3, 0.4) is 0 Å². The van der Waals surface area contributed by atoms with E-state index in [0.29, 0.717) is 22.8 Å². The topological polar surface area (TPSA) is 57.7 Å². The molecule has 1 aromatic heterocycles. The van der Waals surface area contributed by atoms with E-state index in [-0.39, 0.29) is 12.6 Å². The molecule has 0 saturated heterocycles. The minimum absolute atomic E-state index is 0.120. The fourth-order valence-electron chi connectivity index (χ4n) is 2.87. The molecule has 1 heterocycles. The van der Waals surface area contributed by atoms with Gasteiger partial charge in [-0.2, -0.15) is 0 Å². The Balaban J connectivity index is 1.74. The zero-order valence-electron chi connectivity index (χ0n) is 15.7. The number of aryl methyl sites for hydroxylation is 2. The molecule has 5 nitrogen and oxygen atoms in total. The van der Waals surface area contributed by atoms with Crippen LogP contribution in [0.15, 0.2) is 41.8 Å². The standard InChI is InChI=1S/C21H21NO4S/c1-13-8-14(2)10-15(9-13)21(23)26-11-16-12-27-20(22-16)17-6-5-7-18(24-3)19(17)25-4/h5-10,12H,11H2,1-4H3. The fraction of sp³-hybridized carbons (Fsp3) is 0.238. The molecule has 0 aliphatic heterocycles. The van der Waals surface area contributed by atoms with Crippen LogP contribution in [-0.4, -0.2) is 25.2 Å². The molecule has 0 N–H and O–H groups in total. The number of ether oxygens (including phenoxy) is 3. The number of aromatic nitrogens is 1. The molecule has 0 unspecified atom stereocenters. The third-order valence-corrected chi connectivity index (χ3v) is 4.92. The van der Waals surface area contributed by atoms with Gasteiger partial charge >= 0.3 is 5.97 Å². The zero-order chi connectivity index (χ0) is 19.4. The van der Waals surface area contributed by atoms with E-state index < -0.39 is 0 Å². The number of rotatable bonds is 6. The van der Waals surface area contributed by atoms with E-state index >= 15 is 0 Å². The van der Waals surface area contributed by atoms with Gasteiger partial charge in [-0.1, -0.05) is 23.3 Å². The van der Waals surface area contributed by atoms with Gasteiger partial charge < -0.3 is 14.2 Å². The molecule has 2 aromatic carbocycles. The Labute approximate surface area is 162 Å². The summed E-state index contributed by atoms with van der Waals surface area (Å²) in [6, 6.07) is 11.3. The Morgan fingerprint density at radius 1 is 1.07 bits per heavy atom. The van der Waals surface area contributed by atoms with E-state index in [0.717, 1.165) is 21.7 Å². The highest BCUT2D eigenvalue weighted by atomic mass is 32.1. The summed E-state index contributed by atoms with van der Waals surface area (Å²) in [7, 11) is 3.20. The van der Waals surface area contributed by atoms with Crippen molar-refractivity contribution in [3.63, 3.8) is 0 Å². The molecule has 140 valence electrons. The number of hydrogen-bond donors (Lipinski definition) is 0. The van der Waals surface area contributed by atoms with Crippen LogP contribution in [0.1, 0.15) is 27.2 Å². The van der Waals surface area contributed by atoms with Crippen LogP contribution in [0.25, 0.3) is 10.6 Å². The van der Waals surface area contributed by atoms with Gasteiger partial charge in [0.15, 0.2) is 11.5 Å². The lowest BCUT2D eigenvalue weighted by molar-refractivity contribution is 0.0468. The first kappa shape index (κ1) is 18.9. The third-order valence-electron chi connectivity index (χ3n) is 3.99. The van der Waals surface area contributed by atoms with Gasteiger partial charge in [-0.25, -0.2) is 9.78 Å². The van der Waals surface area contributed by atoms with E-state index in [4.69, 9.17) is 14.2 Å². The average molecular weight is 383 g/mol. The maximum absolute atomic E-state index is 12.3. The van der Waals surface area contributed by atoms with Gasteiger partial charge in [0.1, 0.15) is 11.6 Å². The van der Waals surface area contributed by atoms with Gasteiger partial charge in [0.25, 0.3) is 0 Å². The van der Waals surface area contributed by atoms with Crippen LogP contribution in [0, 0.1) is 13.8 Å². The largest absolute Gasteiger partial charge is 0.493 e. The second-order valence-corrected chi connectivity index (χ2v) is 7.00. The number of carbonyl (C=O) groups excluding carboxylic acids is 1. The predicted octanol–water partition coefficient (Wildman–Crippen LogP) is 4.80. The van der Waals surface area contributed by atoms with Crippen LogP contribution >= 0.6 is 11.3 Å². The molecule has 0 spiro atoms. The first-order valence-electron chi connectivity index (χ1n) is 8.43. The smallest absolute Gasteiger partial charge is 0.338 e. The Morgan fingerprint density at radius 3 is 2.48 bits per heavy atom. The number of methoxy groups -OCH3 is 2. The van der Waals surface area contributed by atoms with Gasteiger partial charge in [-0.15, -0.1) is 11.3 Å². The molecule has 3 rings (SSSR count). The number of para-hydroxylation sites is 1. The Bertz CT molecular complexity index is 944. The van der Waals surface area contributed by atoms with Crippen molar-refractivity contribution >= 4 is 17.3 Å². The lowest BCUT2D eigenvalue weighted by Gasteiger charge is -2.10. The average Bonchev–Trinajstić information content (AvgIpc) is 3.13. The van der Waals surface area contributed by atoms with Crippen molar-refractivity contribution in [2.24, 2.45) is 0 Å². The number of esters is 1. The molecule has 3 aromatic rings. The number of carbonyl (C=O) groups is 1. The maximum Gasteiger partial charge on any atom is 0.338 e. The van der Waals surface area contributed by atoms with Crippen LogP contribution in [0.4, 0.5) is 0 Å². The lowest BCUT2D eigenvalue weighted by Crippen LogP contribution is -2.06. The van der Waals surface area contributed by atoms with Gasteiger partial charge in [0, 0.05) is 5.38 Å². The van der Waals surface area contributed by atoms with Crippen LogP contribution in [0.2, 0.25) is 0 Å². The Hall–Kier alpha value is -2.86. The van der Waals surface area contributed by atoms with E-state index in [1.807, 2.05) is 55.6 Å². The fourth-order valence-corrected chi connectivity index (χ4v) is 3.69. The van der Waals surface area contributed by atoms with E-state index in [1.165, 1.54) is 11.3 Å². The van der Waals surface area contributed by atoms with Gasteiger partial charge in [0.2, 0.25) is 0 Å². The highest BCUT2D eigenvalue weighted by molar-refractivity contribution is 7.13. The molecule has 0 bridgehead atoms. The van der Waals surface area contributed by atoms with E-state index in [9.17, 15) is 4.79 Å². The summed E-state index contributed by atoms with van der Waals surface area (Å²) in [4.78, 5) is 16.9. The SMILES string of the molecule is COc1cccc(-c2nc(COC(=O)c3cc(C)cc(C)c3)cs2)c1OC. The Morgan fingerprint density at radius 2 is 1.81 bits per heavy atom. The summed E-state index contributed by atoms with van der Waals surface area (Å²) < 4.78 is 16.2. The van der Waals surface area contributed by atoms with Crippen molar-refractivity contribution < 1.29 is 19.0 Å². The molecule has 0 fully saturated rings. The number of benzene rings is 2. The molecule has 27 heavy (non-hydrogen) atoms. The molecular weight excluding hydrogens is 362 g/mol. The summed E-state index contributed by atoms with van der Waals surface area (Å²) in [6.07, 6.45) is 0. The molecule has 0 atom stereocenters. The minimum Gasteiger partial charge on any atom is -0.493 e. The van der Waals surface area contributed by atoms with Gasteiger partial charge in [-0.3, -0.25) is 0 Å². The number of hydrogen-bond acceptors (Lipinski definition) is 6. The molecular formula is C21H21NO4S. The molecule has 0 aliphatic carbocycles. The summed E-state index contributed by atoms with van der Waals surface area (Å²) in [6.45, 7) is 4.03. The van der Waals surface area contributed by atoms with Crippen molar-refractivity contribution in [2.75, 3.05) is 14.2 Å². The second kappa shape index (κ2) is 8.22. The molecule has 0 aliphatic rings. The maximum atomic E-state index is 12.3. The highest BCUT2D eigenvalue weighted by Crippen LogP contribution is 2.39. The van der Waals surface area contributed by atoms with Crippen molar-refractivity contribution in [2.45, 2.75) is 20.5 Å². The molecule has 0 radical (unpaired) electrons. The summed E-state index contributed by atoms with van der Waals surface area (Å²) >= 11 is 1.47. The van der Waals surface area contributed by atoms with Gasteiger partial charge in [-0.05, 0) is 38.1 Å². The van der Waals surface area contributed by atoms with Crippen LogP contribution in [0.5, 0.6) is 11.5 Å². The summed E-state index contributed by atoms with van der Waals surface area (Å²) in [5.74, 6) is 0.927. The van der Waals surface area contributed by atoms with Crippen molar-refractivity contribution in [1.29, 1.82) is 0 Å². The van der Waals surface area contributed by atoms with Crippen molar-refractivity contribution in [1.82, 2.24) is 4.98 Å². The second-order valence-electron chi connectivity index (χ2n) is 6.14. The summed E-state index contributed by atoms with van der Waals surface area (Å²) in [5.41, 5.74) is 4.15. The monoisotopic (exact) mass is 383 g/mol. The number of thiazole rings is 1. The van der Waals surface area contributed by atoms with Crippen molar-refractivity contribution in [3.8, 4) is 22.1 Å². The third kappa shape index (κ3) is 4.28. The lowest BCUT2D eigenvalue weighted by atomic mass is 10.1. The normalized spacial score (nSPS) is 10.5. The molecule has 0 amide bonds. The van der Waals surface area contributed by atoms with Crippen molar-refractivity contribution in [3.05, 3.63) is 64.2 Å². The predicted molar refractivity (Wildman–Crippen MR) is 106 cm³/mol. The van der Waals surface area contributed by atoms with Crippen LogP contribution in [-0.2, 0) is 11.3 Å². The summed E-state index contributed by atoms with van der Waals surface area (Å²) in [5, 5.41) is 2.66. The molecule has 6 heteroatoms. The quantitative estimate of drug-likeness (QED) is 0.572. The number of nitrogens with zero attached hydrogens (tertiary/aromatic N) is 1. The van der Waals surface area contributed by atoms with E-state index in [2.05, 4.69) is 4.98 Å². The Kier molecular flexibility index (Phi) is 5.76.